The summed E-state index contributed by atoms with van der Waals surface area (Å²) in [5.74, 6) is -0.285. The highest BCUT2D eigenvalue weighted by Gasteiger charge is 2.36. The third-order valence-electron chi connectivity index (χ3n) is 3.41. The molecule has 0 heterocycles. The van der Waals surface area contributed by atoms with Crippen LogP contribution in [0.1, 0.15) is 32.6 Å². The molecule has 6 heteroatoms. The summed E-state index contributed by atoms with van der Waals surface area (Å²) in [6.07, 6.45) is 3.77. The van der Waals surface area contributed by atoms with Gasteiger partial charge in [0.1, 0.15) is 0 Å². The van der Waals surface area contributed by atoms with Gasteiger partial charge in [0.2, 0.25) is 5.91 Å². The summed E-state index contributed by atoms with van der Waals surface area (Å²) < 4.78 is 15.6. The zero-order valence-corrected chi connectivity index (χ0v) is 12.7. The molecule has 1 amide bonds. The van der Waals surface area contributed by atoms with Crippen molar-refractivity contribution in [3.63, 3.8) is 0 Å². The molecule has 1 fully saturated rings. The molecule has 1 aliphatic carbocycles. The number of hydrogen-bond acceptors (Lipinski definition) is 5. The van der Waals surface area contributed by atoms with E-state index in [0.29, 0.717) is 45.5 Å². The molecule has 0 radical (unpaired) electrons. The number of carbonyl (C=O) groups excluding carboxylic acids is 1. The molecular weight excluding hydrogens is 260 g/mol. The lowest BCUT2D eigenvalue weighted by atomic mass is 9.95. The van der Waals surface area contributed by atoms with E-state index >= 15 is 0 Å². The first-order valence-electron chi connectivity index (χ1n) is 7.30. The predicted octanol–water partition coefficient (Wildman–Crippen LogP) is 0.442. The first-order valence-corrected chi connectivity index (χ1v) is 7.30. The molecule has 1 unspecified atom stereocenters. The van der Waals surface area contributed by atoms with E-state index in [0.717, 1.165) is 19.3 Å². The summed E-state index contributed by atoms with van der Waals surface area (Å²) in [5, 5.41) is 3.32. The molecule has 118 valence electrons. The highest BCUT2D eigenvalue weighted by atomic mass is 16.5. The van der Waals surface area contributed by atoms with Crippen LogP contribution in [-0.4, -0.2) is 57.6 Å². The van der Waals surface area contributed by atoms with E-state index in [-0.39, 0.29) is 5.91 Å². The number of amides is 1. The molecule has 1 rings (SSSR count). The maximum Gasteiger partial charge on any atom is 0.237 e. The average molecular weight is 288 g/mol. The minimum absolute atomic E-state index is 0.285. The van der Waals surface area contributed by atoms with Crippen molar-refractivity contribution < 1.29 is 19.0 Å². The van der Waals surface area contributed by atoms with Gasteiger partial charge in [-0.05, 0) is 32.6 Å². The van der Waals surface area contributed by atoms with Crippen LogP contribution in [0.25, 0.3) is 0 Å². The van der Waals surface area contributed by atoms with Gasteiger partial charge in [-0.2, -0.15) is 0 Å². The normalized spacial score (nSPS) is 17.9. The minimum Gasteiger partial charge on any atom is -0.382 e. The Morgan fingerprint density at radius 2 is 1.80 bits per heavy atom. The molecule has 6 nitrogen and oxygen atoms in total. The summed E-state index contributed by atoms with van der Waals surface area (Å²) in [4.78, 5) is 11.5. The molecular formula is C14H28N2O4. The topological polar surface area (TPSA) is 82.8 Å². The fourth-order valence-electron chi connectivity index (χ4n) is 1.94. The molecule has 3 N–H and O–H groups in total. The van der Waals surface area contributed by atoms with Gasteiger partial charge in [0.05, 0.1) is 32.0 Å². The third kappa shape index (κ3) is 7.19. The van der Waals surface area contributed by atoms with Gasteiger partial charge in [0, 0.05) is 19.8 Å². The van der Waals surface area contributed by atoms with Crippen molar-refractivity contribution >= 4 is 5.91 Å². The molecule has 0 aromatic carbocycles. The van der Waals surface area contributed by atoms with E-state index < -0.39 is 5.54 Å². The number of ether oxygens (including phenoxy) is 3. The van der Waals surface area contributed by atoms with Gasteiger partial charge >= 0.3 is 0 Å². The number of carbonyl (C=O) groups is 1. The number of nitrogens with two attached hydrogens (primary N) is 1. The van der Waals surface area contributed by atoms with Gasteiger partial charge in [0.25, 0.3) is 0 Å². The average Bonchev–Trinajstić information content (AvgIpc) is 3.20. The lowest BCUT2D eigenvalue weighted by Gasteiger charge is -2.27. The van der Waals surface area contributed by atoms with Gasteiger partial charge in [-0.25, -0.2) is 0 Å². The van der Waals surface area contributed by atoms with Gasteiger partial charge in [-0.3, -0.25) is 4.79 Å². The Kier molecular flexibility index (Phi) is 8.06. The van der Waals surface area contributed by atoms with Crippen molar-refractivity contribution in [3.05, 3.63) is 0 Å². The van der Waals surface area contributed by atoms with Crippen LogP contribution in [0.15, 0.2) is 0 Å². The number of nitrogens with one attached hydrogen (secondary N) is 1. The van der Waals surface area contributed by atoms with Crippen LogP contribution in [-0.2, 0) is 19.0 Å². The Labute approximate surface area is 121 Å². The predicted molar refractivity (Wildman–Crippen MR) is 76.5 cm³/mol. The fourth-order valence-corrected chi connectivity index (χ4v) is 1.94. The molecule has 0 aliphatic heterocycles. The zero-order chi connectivity index (χ0) is 14.8. The summed E-state index contributed by atoms with van der Waals surface area (Å²) >= 11 is 0. The third-order valence-corrected chi connectivity index (χ3v) is 3.41. The van der Waals surface area contributed by atoms with Gasteiger partial charge in [-0.1, -0.05) is 0 Å². The summed E-state index contributed by atoms with van der Waals surface area (Å²) in [5.41, 5.74) is 4.87. The number of rotatable bonds is 13. The van der Waals surface area contributed by atoms with Crippen molar-refractivity contribution in [1.29, 1.82) is 0 Å². The van der Waals surface area contributed by atoms with Gasteiger partial charge in [-0.15, -0.1) is 0 Å². The number of primary amides is 1. The molecule has 0 aromatic heterocycles. The second-order valence-corrected chi connectivity index (χ2v) is 5.44. The van der Waals surface area contributed by atoms with E-state index in [2.05, 4.69) is 5.32 Å². The van der Waals surface area contributed by atoms with Crippen molar-refractivity contribution in [2.24, 2.45) is 5.73 Å². The maximum absolute atomic E-state index is 11.5. The van der Waals surface area contributed by atoms with Crippen molar-refractivity contribution in [2.75, 3.05) is 40.1 Å². The number of methoxy groups -OCH3 is 1. The SMILES string of the molecule is COCCOCCOCCCC(C)(NC1CC1)C(N)=O. The molecule has 0 aromatic rings. The fraction of sp³-hybridized carbons (Fsp3) is 0.929. The monoisotopic (exact) mass is 288 g/mol. The Morgan fingerprint density at radius 1 is 1.20 bits per heavy atom. The van der Waals surface area contributed by atoms with Crippen LogP contribution < -0.4 is 11.1 Å². The van der Waals surface area contributed by atoms with E-state index in [1.807, 2.05) is 6.92 Å². The highest BCUT2D eigenvalue weighted by molar-refractivity contribution is 5.84. The van der Waals surface area contributed by atoms with Crippen molar-refractivity contribution in [3.8, 4) is 0 Å². The van der Waals surface area contributed by atoms with E-state index in [4.69, 9.17) is 19.9 Å². The van der Waals surface area contributed by atoms with Crippen molar-refractivity contribution in [1.82, 2.24) is 5.32 Å². The van der Waals surface area contributed by atoms with Gasteiger partial charge < -0.3 is 25.3 Å². The van der Waals surface area contributed by atoms with E-state index in [9.17, 15) is 4.79 Å². The molecule has 1 atom stereocenters. The first-order chi connectivity index (χ1) is 9.58. The van der Waals surface area contributed by atoms with E-state index in [1.54, 1.807) is 7.11 Å². The Balaban J connectivity index is 2.01. The second kappa shape index (κ2) is 9.28. The van der Waals surface area contributed by atoms with Crippen LogP contribution in [0.2, 0.25) is 0 Å². The largest absolute Gasteiger partial charge is 0.382 e. The number of hydrogen-bond donors (Lipinski definition) is 2. The van der Waals surface area contributed by atoms with Crippen molar-refractivity contribution in [2.45, 2.75) is 44.2 Å². The van der Waals surface area contributed by atoms with Crippen LogP contribution in [0.5, 0.6) is 0 Å². The Morgan fingerprint density at radius 3 is 2.35 bits per heavy atom. The Bertz CT molecular complexity index is 284. The standard InChI is InChI=1S/C14H28N2O4/c1-14(13(15)17,16-12-4-5-12)6-3-7-19-10-11-20-9-8-18-2/h12,16H,3-11H2,1-2H3,(H2,15,17). The maximum atomic E-state index is 11.5. The smallest absolute Gasteiger partial charge is 0.237 e. The lowest BCUT2D eigenvalue weighted by molar-refractivity contribution is -0.124. The van der Waals surface area contributed by atoms with Crippen LogP contribution >= 0.6 is 0 Å². The summed E-state index contributed by atoms with van der Waals surface area (Å²) in [7, 11) is 1.64. The molecule has 1 saturated carbocycles. The quantitative estimate of drug-likeness (QED) is 0.481. The van der Waals surface area contributed by atoms with Crippen LogP contribution in [0.3, 0.4) is 0 Å². The first kappa shape index (κ1) is 17.4. The van der Waals surface area contributed by atoms with Gasteiger partial charge in [0.15, 0.2) is 0 Å². The molecule has 0 saturated heterocycles. The van der Waals surface area contributed by atoms with Crippen LogP contribution in [0.4, 0.5) is 0 Å². The molecule has 20 heavy (non-hydrogen) atoms. The Hall–Kier alpha value is -0.690. The van der Waals surface area contributed by atoms with Crippen LogP contribution in [0, 0.1) is 0 Å². The second-order valence-electron chi connectivity index (χ2n) is 5.44. The lowest BCUT2D eigenvalue weighted by Crippen LogP contribution is -2.54. The zero-order valence-electron chi connectivity index (χ0n) is 12.7. The molecule has 1 aliphatic rings. The molecule has 0 bridgehead atoms. The summed E-state index contributed by atoms with van der Waals surface area (Å²) in [6, 6.07) is 0.461. The molecule has 0 spiro atoms. The minimum atomic E-state index is -0.612. The summed E-state index contributed by atoms with van der Waals surface area (Å²) in [6.45, 7) is 4.81. The highest BCUT2D eigenvalue weighted by Crippen LogP contribution is 2.24. The van der Waals surface area contributed by atoms with E-state index in [1.165, 1.54) is 0 Å².